The maximum Gasteiger partial charge on any atom is 0.128 e. The standard InChI is InChI=1S/C23H19ClFNS/c1-16-7-2-3-8-17(16)13-26-14-23(18-9-4-5-12-22(18)26)27-15-19-20(24)10-6-11-21(19)25/h2-12,14H,13,15H2,1H3. The third kappa shape index (κ3) is 3.76. The van der Waals surface area contributed by atoms with E-state index >= 15 is 0 Å². The fraction of sp³-hybridized carbons (Fsp3) is 0.130. The summed E-state index contributed by atoms with van der Waals surface area (Å²) in [6.07, 6.45) is 2.16. The quantitative estimate of drug-likeness (QED) is 0.327. The van der Waals surface area contributed by atoms with Crippen LogP contribution in [0.3, 0.4) is 0 Å². The van der Waals surface area contributed by atoms with Crippen molar-refractivity contribution in [2.75, 3.05) is 0 Å². The van der Waals surface area contributed by atoms with Crippen molar-refractivity contribution in [3.63, 3.8) is 0 Å². The maximum absolute atomic E-state index is 14.1. The lowest BCUT2D eigenvalue weighted by atomic mass is 10.1. The SMILES string of the molecule is Cc1ccccc1Cn1cc(SCc2c(F)cccc2Cl)c2ccccc21. The fourth-order valence-electron chi connectivity index (χ4n) is 3.25. The summed E-state index contributed by atoms with van der Waals surface area (Å²) in [5.41, 5.74) is 4.32. The molecule has 0 spiro atoms. The minimum atomic E-state index is -0.251. The second-order valence-corrected chi connectivity index (χ2v) is 7.98. The third-order valence-corrected chi connectivity index (χ3v) is 6.21. The molecule has 0 atom stereocenters. The van der Waals surface area contributed by atoms with Crippen molar-refractivity contribution in [1.82, 2.24) is 4.57 Å². The molecule has 0 radical (unpaired) electrons. The van der Waals surface area contributed by atoms with E-state index in [1.807, 2.05) is 6.07 Å². The Balaban J connectivity index is 1.67. The van der Waals surface area contributed by atoms with Crippen molar-refractivity contribution in [1.29, 1.82) is 0 Å². The molecule has 0 N–H and O–H groups in total. The highest BCUT2D eigenvalue weighted by Crippen LogP contribution is 2.34. The number of rotatable bonds is 5. The molecule has 0 aliphatic heterocycles. The van der Waals surface area contributed by atoms with Crippen LogP contribution in [-0.4, -0.2) is 4.57 Å². The number of aromatic nitrogens is 1. The average Bonchev–Trinajstić information content (AvgIpc) is 3.01. The minimum Gasteiger partial charge on any atom is -0.342 e. The molecule has 1 nitrogen and oxygen atoms in total. The zero-order valence-electron chi connectivity index (χ0n) is 15.0. The number of para-hydroxylation sites is 1. The van der Waals surface area contributed by atoms with Gasteiger partial charge < -0.3 is 4.57 Å². The lowest BCUT2D eigenvalue weighted by Gasteiger charge is -2.08. The van der Waals surface area contributed by atoms with Gasteiger partial charge in [0.1, 0.15) is 5.82 Å². The summed E-state index contributed by atoms with van der Waals surface area (Å²) in [6.45, 7) is 2.95. The van der Waals surface area contributed by atoms with E-state index < -0.39 is 0 Å². The van der Waals surface area contributed by atoms with Crippen LogP contribution in [0.4, 0.5) is 4.39 Å². The van der Waals surface area contributed by atoms with Gasteiger partial charge >= 0.3 is 0 Å². The molecule has 0 aliphatic rings. The molecule has 0 unspecified atom stereocenters. The van der Waals surface area contributed by atoms with E-state index in [1.165, 1.54) is 28.1 Å². The molecule has 0 bridgehead atoms. The monoisotopic (exact) mass is 395 g/mol. The summed E-state index contributed by atoms with van der Waals surface area (Å²) in [7, 11) is 0. The molecule has 1 heterocycles. The highest BCUT2D eigenvalue weighted by Gasteiger charge is 2.12. The van der Waals surface area contributed by atoms with Crippen molar-refractivity contribution in [3.8, 4) is 0 Å². The molecule has 0 saturated heterocycles. The number of hydrogen-bond acceptors (Lipinski definition) is 1. The number of hydrogen-bond donors (Lipinski definition) is 0. The first kappa shape index (κ1) is 18.1. The Hall–Kier alpha value is -2.23. The first-order chi connectivity index (χ1) is 13.1. The van der Waals surface area contributed by atoms with Crippen LogP contribution in [0.1, 0.15) is 16.7 Å². The van der Waals surface area contributed by atoms with Gasteiger partial charge in [-0.3, -0.25) is 0 Å². The van der Waals surface area contributed by atoms with Gasteiger partial charge in [0, 0.05) is 44.9 Å². The summed E-state index contributed by atoms with van der Waals surface area (Å²) >= 11 is 7.81. The van der Waals surface area contributed by atoms with E-state index in [4.69, 9.17) is 11.6 Å². The molecule has 3 aromatic carbocycles. The van der Waals surface area contributed by atoms with Gasteiger partial charge in [0.05, 0.1) is 0 Å². The van der Waals surface area contributed by atoms with E-state index in [0.717, 1.165) is 11.4 Å². The van der Waals surface area contributed by atoms with Gasteiger partial charge in [0.15, 0.2) is 0 Å². The van der Waals surface area contributed by atoms with Gasteiger partial charge in [-0.05, 0) is 36.2 Å². The average molecular weight is 396 g/mol. The number of nitrogens with zero attached hydrogens (tertiary/aromatic N) is 1. The molecule has 4 heteroatoms. The van der Waals surface area contributed by atoms with Crippen LogP contribution in [0.5, 0.6) is 0 Å². The van der Waals surface area contributed by atoms with E-state index in [1.54, 1.807) is 23.9 Å². The number of halogens is 2. The van der Waals surface area contributed by atoms with E-state index in [9.17, 15) is 4.39 Å². The molecule has 4 aromatic rings. The van der Waals surface area contributed by atoms with Crippen molar-refractivity contribution >= 4 is 34.3 Å². The molecule has 27 heavy (non-hydrogen) atoms. The Kier molecular flexibility index (Phi) is 5.24. The molecular weight excluding hydrogens is 377 g/mol. The lowest BCUT2D eigenvalue weighted by molar-refractivity contribution is 0.617. The molecule has 136 valence electrons. The topological polar surface area (TPSA) is 4.93 Å². The van der Waals surface area contributed by atoms with Gasteiger partial charge in [-0.2, -0.15) is 0 Å². The smallest absolute Gasteiger partial charge is 0.128 e. The second kappa shape index (κ2) is 7.79. The van der Waals surface area contributed by atoms with Crippen molar-refractivity contribution in [2.45, 2.75) is 24.1 Å². The Morgan fingerprint density at radius 1 is 0.963 bits per heavy atom. The molecule has 0 fully saturated rings. The predicted octanol–water partition coefficient (Wildman–Crippen LogP) is 7.08. The van der Waals surface area contributed by atoms with Gasteiger partial charge in [-0.1, -0.05) is 60.1 Å². The molecular formula is C23H19ClFNS. The summed E-state index contributed by atoms with van der Waals surface area (Å²) < 4.78 is 16.4. The first-order valence-corrected chi connectivity index (χ1v) is 10.2. The fourth-order valence-corrected chi connectivity index (χ4v) is 4.68. The van der Waals surface area contributed by atoms with Crippen molar-refractivity contribution < 1.29 is 4.39 Å². The second-order valence-electron chi connectivity index (χ2n) is 6.55. The summed E-state index contributed by atoms with van der Waals surface area (Å²) in [5.74, 6) is 0.253. The molecule has 0 saturated carbocycles. The Labute approximate surface area is 167 Å². The first-order valence-electron chi connectivity index (χ1n) is 8.81. The zero-order chi connectivity index (χ0) is 18.8. The summed E-state index contributed by atoms with van der Waals surface area (Å²) in [4.78, 5) is 1.14. The molecule has 1 aromatic heterocycles. The van der Waals surface area contributed by atoms with E-state index in [0.29, 0.717) is 16.3 Å². The minimum absolute atomic E-state index is 0.251. The van der Waals surface area contributed by atoms with Crippen LogP contribution in [0, 0.1) is 12.7 Å². The van der Waals surface area contributed by atoms with Crippen LogP contribution in [-0.2, 0) is 12.3 Å². The van der Waals surface area contributed by atoms with E-state index in [2.05, 4.69) is 60.2 Å². The number of benzene rings is 3. The summed E-state index contributed by atoms with van der Waals surface area (Å²) in [5, 5.41) is 1.66. The largest absolute Gasteiger partial charge is 0.342 e. The highest BCUT2D eigenvalue weighted by atomic mass is 35.5. The van der Waals surface area contributed by atoms with Crippen LogP contribution >= 0.6 is 23.4 Å². The van der Waals surface area contributed by atoms with Crippen LogP contribution in [0.2, 0.25) is 5.02 Å². The van der Waals surface area contributed by atoms with Gasteiger partial charge in [0.2, 0.25) is 0 Å². The Bertz CT molecular complexity index is 1080. The molecule has 0 amide bonds. The van der Waals surface area contributed by atoms with Gasteiger partial charge in [-0.25, -0.2) is 4.39 Å². The third-order valence-electron chi connectivity index (χ3n) is 4.79. The lowest BCUT2D eigenvalue weighted by Crippen LogP contribution is -1.99. The van der Waals surface area contributed by atoms with Crippen LogP contribution in [0.25, 0.3) is 10.9 Å². The zero-order valence-corrected chi connectivity index (χ0v) is 16.5. The Morgan fingerprint density at radius 3 is 2.56 bits per heavy atom. The van der Waals surface area contributed by atoms with E-state index in [-0.39, 0.29) is 5.82 Å². The number of aryl methyl sites for hydroxylation is 1. The van der Waals surface area contributed by atoms with Crippen LogP contribution < -0.4 is 0 Å². The Morgan fingerprint density at radius 2 is 1.74 bits per heavy atom. The van der Waals surface area contributed by atoms with Gasteiger partial charge in [-0.15, -0.1) is 11.8 Å². The van der Waals surface area contributed by atoms with Gasteiger partial charge in [0.25, 0.3) is 0 Å². The van der Waals surface area contributed by atoms with Crippen LogP contribution in [0.15, 0.2) is 77.8 Å². The molecule has 4 rings (SSSR count). The van der Waals surface area contributed by atoms with Crippen molar-refractivity contribution in [3.05, 3.63) is 100 Å². The number of fused-ring (bicyclic) bond motifs is 1. The molecule has 0 aliphatic carbocycles. The van der Waals surface area contributed by atoms with Crippen molar-refractivity contribution in [2.24, 2.45) is 0 Å². The maximum atomic E-state index is 14.1. The number of thioether (sulfide) groups is 1. The normalized spacial score (nSPS) is 11.2. The predicted molar refractivity (Wildman–Crippen MR) is 113 cm³/mol. The highest BCUT2D eigenvalue weighted by molar-refractivity contribution is 7.98. The summed E-state index contributed by atoms with van der Waals surface area (Å²) in [6, 6.07) is 21.6.